The molecule has 0 aromatic heterocycles. The Bertz CT molecular complexity index is 353. The van der Waals surface area contributed by atoms with Gasteiger partial charge in [-0.15, -0.1) is 0 Å². The molecule has 4 nitrogen and oxygen atoms in total. The van der Waals surface area contributed by atoms with Crippen LogP contribution in [0, 0.1) is 0 Å². The van der Waals surface area contributed by atoms with Gasteiger partial charge in [0.05, 0.1) is 0 Å². The number of nitrogens with one attached hydrogen (secondary N) is 2. The number of carbonyl (C=O) groups excluding carboxylic acids is 1. The molecule has 1 atom stereocenters. The summed E-state index contributed by atoms with van der Waals surface area (Å²) in [7, 11) is 3.49. The van der Waals surface area contributed by atoms with E-state index in [1.165, 1.54) is 0 Å². The zero-order valence-corrected chi connectivity index (χ0v) is 9.91. The van der Waals surface area contributed by atoms with Gasteiger partial charge in [-0.25, -0.2) is 0 Å². The highest BCUT2D eigenvalue weighted by atomic mass is 16.5. The van der Waals surface area contributed by atoms with Crippen LogP contribution in [0.3, 0.4) is 0 Å². The number of rotatable bonds is 5. The highest BCUT2D eigenvalue weighted by Gasteiger charge is 2.04. The van der Waals surface area contributed by atoms with E-state index in [-0.39, 0.29) is 18.6 Å². The average Bonchev–Trinajstić information content (AvgIpc) is 2.35. The van der Waals surface area contributed by atoms with E-state index in [9.17, 15) is 4.79 Å². The SMILES string of the molecule is CNC(=O)COc1cccc(C(C)NC)c1. The third-order valence-corrected chi connectivity index (χ3v) is 2.44. The van der Waals surface area contributed by atoms with Gasteiger partial charge in [-0.2, -0.15) is 0 Å². The lowest BCUT2D eigenvalue weighted by atomic mass is 10.1. The summed E-state index contributed by atoms with van der Waals surface area (Å²) in [5.74, 6) is 0.579. The number of ether oxygens (including phenoxy) is 1. The number of hydrogen-bond donors (Lipinski definition) is 2. The van der Waals surface area contributed by atoms with Gasteiger partial charge in [0.1, 0.15) is 5.75 Å². The summed E-state index contributed by atoms with van der Waals surface area (Å²) in [6.07, 6.45) is 0. The van der Waals surface area contributed by atoms with E-state index in [0.29, 0.717) is 5.75 Å². The molecule has 0 spiro atoms. The second kappa shape index (κ2) is 6.12. The second-order valence-corrected chi connectivity index (χ2v) is 3.54. The van der Waals surface area contributed by atoms with Crippen LogP contribution in [0.2, 0.25) is 0 Å². The predicted molar refractivity (Wildman–Crippen MR) is 63.5 cm³/mol. The summed E-state index contributed by atoms with van der Waals surface area (Å²) in [5, 5.41) is 5.66. The van der Waals surface area contributed by atoms with Gasteiger partial charge < -0.3 is 15.4 Å². The van der Waals surface area contributed by atoms with Gasteiger partial charge >= 0.3 is 0 Å². The Morgan fingerprint density at radius 1 is 1.44 bits per heavy atom. The average molecular weight is 222 g/mol. The predicted octanol–water partition coefficient (Wildman–Crippen LogP) is 1.09. The smallest absolute Gasteiger partial charge is 0.257 e. The van der Waals surface area contributed by atoms with Crippen molar-refractivity contribution in [2.45, 2.75) is 13.0 Å². The molecule has 2 N–H and O–H groups in total. The number of amides is 1. The van der Waals surface area contributed by atoms with E-state index >= 15 is 0 Å². The molecule has 4 heteroatoms. The molecule has 0 fully saturated rings. The molecule has 1 unspecified atom stereocenters. The number of hydrogen-bond acceptors (Lipinski definition) is 3. The lowest BCUT2D eigenvalue weighted by Gasteiger charge is -2.12. The molecule has 88 valence electrons. The van der Waals surface area contributed by atoms with E-state index in [4.69, 9.17) is 4.74 Å². The molecule has 0 heterocycles. The Morgan fingerprint density at radius 2 is 2.19 bits per heavy atom. The summed E-state index contributed by atoms with van der Waals surface area (Å²) >= 11 is 0. The van der Waals surface area contributed by atoms with Crippen LogP contribution in [0.5, 0.6) is 5.75 Å². The zero-order chi connectivity index (χ0) is 12.0. The molecule has 16 heavy (non-hydrogen) atoms. The van der Waals surface area contributed by atoms with Crippen molar-refractivity contribution in [3.63, 3.8) is 0 Å². The van der Waals surface area contributed by atoms with E-state index in [2.05, 4.69) is 17.6 Å². The van der Waals surface area contributed by atoms with Crippen molar-refractivity contribution < 1.29 is 9.53 Å². The fraction of sp³-hybridized carbons (Fsp3) is 0.417. The number of likely N-dealkylation sites (N-methyl/N-ethyl adjacent to an activating group) is 1. The lowest BCUT2D eigenvalue weighted by Crippen LogP contribution is -2.24. The zero-order valence-electron chi connectivity index (χ0n) is 9.91. The standard InChI is InChI=1S/C12H18N2O2/c1-9(13-2)10-5-4-6-11(7-10)16-8-12(15)14-3/h4-7,9,13H,8H2,1-3H3,(H,14,15). The van der Waals surface area contributed by atoms with Gasteiger partial charge in [-0.1, -0.05) is 12.1 Å². The number of carbonyl (C=O) groups is 1. The molecule has 0 bridgehead atoms. The van der Waals surface area contributed by atoms with Crippen LogP contribution in [0.4, 0.5) is 0 Å². The van der Waals surface area contributed by atoms with Crippen LogP contribution >= 0.6 is 0 Å². The minimum atomic E-state index is -0.132. The molecule has 0 aliphatic carbocycles. The molecule has 0 radical (unpaired) electrons. The van der Waals surface area contributed by atoms with Crippen LogP contribution in [-0.2, 0) is 4.79 Å². The quantitative estimate of drug-likeness (QED) is 0.784. The summed E-state index contributed by atoms with van der Waals surface area (Å²) in [4.78, 5) is 11.0. The fourth-order valence-electron chi connectivity index (χ4n) is 1.26. The first-order valence-electron chi connectivity index (χ1n) is 5.28. The van der Waals surface area contributed by atoms with Gasteiger partial charge in [0.15, 0.2) is 6.61 Å². The molecule has 0 aliphatic rings. The van der Waals surface area contributed by atoms with E-state index < -0.39 is 0 Å². The second-order valence-electron chi connectivity index (χ2n) is 3.54. The Hall–Kier alpha value is -1.55. The topological polar surface area (TPSA) is 50.4 Å². The van der Waals surface area contributed by atoms with Crippen LogP contribution in [0.1, 0.15) is 18.5 Å². The molecule has 1 rings (SSSR count). The van der Waals surface area contributed by atoms with Crippen molar-refractivity contribution in [2.24, 2.45) is 0 Å². The largest absolute Gasteiger partial charge is 0.484 e. The Kier molecular flexibility index (Phi) is 4.79. The molecular formula is C12H18N2O2. The molecule has 1 aromatic carbocycles. The fourth-order valence-corrected chi connectivity index (χ4v) is 1.26. The van der Waals surface area contributed by atoms with E-state index in [1.807, 2.05) is 31.3 Å². The third-order valence-electron chi connectivity index (χ3n) is 2.44. The van der Waals surface area contributed by atoms with Crippen molar-refractivity contribution in [1.82, 2.24) is 10.6 Å². The first-order valence-corrected chi connectivity index (χ1v) is 5.28. The minimum Gasteiger partial charge on any atom is -0.484 e. The van der Waals surface area contributed by atoms with Crippen LogP contribution < -0.4 is 15.4 Å². The summed E-state index contributed by atoms with van der Waals surface area (Å²) in [6.45, 7) is 2.12. The lowest BCUT2D eigenvalue weighted by molar-refractivity contribution is -0.122. The van der Waals surface area contributed by atoms with Gasteiger partial charge in [0, 0.05) is 13.1 Å². The van der Waals surface area contributed by atoms with Crippen molar-refractivity contribution in [1.29, 1.82) is 0 Å². The van der Waals surface area contributed by atoms with Crippen LogP contribution in [0.25, 0.3) is 0 Å². The van der Waals surface area contributed by atoms with Gasteiger partial charge in [-0.3, -0.25) is 4.79 Å². The van der Waals surface area contributed by atoms with Crippen LogP contribution in [-0.4, -0.2) is 26.6 Å². The minimum absolute atomic E-state index is 0.0495. The highest BCUT2D eigenvalue weighted by molar-refractivity contribution is 5.77. The molecular weight excluding hydrogens is 204 g/mol. The van der Waals surface area contributed by atoms with Gasteiger partial charge in [-0.05, 0) is 31.7 Å². The van der Waals surface area contributed by atoms with Crippen molar-refractivity contribution >= 4 is 5.91 Å². The Morgan fingerprint density at radius 3 is 2.81 bits per heavy atom. The first kappa shape index (κ1) is 12.5. The Labute approximate surface area is 96.0 Å². The summed E-state index contributed by atoms with van der Waals surface area (Å²) in [5.41, 5.74) is 1.14. The van der Waals surface area contributed by atoms with Gasteiger partial charge in [0.25, 0.3) is 5.91 Å². The summed E-state index contributed by atoms with van der Waals surface area (Å²) < 4.78 is 5.35. The summed E-state index contributed by atoms with van der Waals surface area (Å²) in [6, 6.07) is 7.98. The molecule has 1 amide bonds. The highest BCUT2D eigenvalue weighted by Crippen LogP contribution is 2.18. The molecule has 0 aliphatic heterocycles. The van der Waals surface area contributed by atoms with Gasteiger partial charge in [0.2, 0.25) is 0 Å². The first-order chi connectivity index (χ1) is 7.67. The monoisotopic (exact) mass is 222 g/mol. The van der Waals surface area contributed by atoms with E-state index in [1.54, 1.807) is 7.05 Å². The van der Waals surface area contributed by atoms with Crippen molar-refractivity contribution in [3.05, 3.63) is 29.8 Å². The normalized spacial score (nSPS) is 11.9. The number of benzene rings is 1. The maximum absolute atomic E-state index is 11.0. The van der Waals surface area contributed by atoms with E-state index in [0.717, 1.165) is 5.56 Å². The molecule has 1 aromatic rings. The van der Waals surface area contributed by atoms with Crippen LogP contribution in [0.15, 0.2) is 24.3 Å². The van der Waals surface area contributed by atoms with Crippen molar-refractivity contribution in [2.75, 3.05) is 20.7 Å². The molecule has 0 saturated carbocycles. The maximum atomic E-state index is 11.0. The third kappa shape index (κ3) is 3.55. The Balaban J connectivity index is 2.64. The maximum Gasteiger partial charge on any atom is 0.257 e. The molecule has 0 saturated heterocycles. The van der Waals surface area contributed by atoms with Crippen molar-refractivity contribution in [3.8, 4) is 5.75 Å².